The number of nitrogens with zero attached hydrogens (tertiary/aromatic N) is 1. The van der Waals surface area contributed by atoms with E-state index in [4.69, 9.17) is 0 Å². The molecule has 0 radical (unpaired) electrons. The number of amides is 2. The molecule has 0 aliphatic heterocycles. The van der Waals surface area contributed by atoms with E-state index in [1.165, 1.54) is 18.3 Å². The van der Waals surface area contributed by atoms with E-state index in [1.54, 1.807) is 24.3 Å². The van der Waals surface area contributed by atoms with E-state index >= 15 is 0 Å². The maximum Gasteiger partial charge on any atom is 0.270 e. The normalized spacial score (nSPS) is 13.4. The van der Waals surface area contributed by atoms with Crippen molar-refractivity contribution in [3.63, 3.8) is 0 Å². The Hall–Kier alpha value is -2.76. The smallest absolute Gasteiger partial charge is 0.270 e. The Morgan fingerprint density at radius 3 is 2.71 bits per heavy atom. The summed E-state index contributed by atoms with van der Waals surface area (Å²) in [6.45, 7) is 0.311. The van der Waals surface area contributed by atoms with Crippen LogP contribution in [-0.4, -0.2) is 29.4 Å². The number of nitrogens with one attached hydrogen (secondary N) is 2. The fourth-order valence-electron chi connectivity index (χ4n) is 2.30. The van der Waals surface area contributed by atoms with Crippen molar-refractivity contribution in [2.24, 2.45) is 0 Å². The number of benzene rings is 1. The predicted octanol–water partition coefficient (Wildman–Crippen LogP) is 2.09. The molecular formula is C18H18FN3O2. The summed E-state index contributed by atoms with van der Waals surface area (Å²) in [7, 11) is 0. The second-order valence-electron chi connectivity index (χ2n) is 5.77. The molecule has 2 N–H and O–H groups in total. The summed E-state index contributed by atoms with van der Waals surface area (Å²) in [5, 5.41) is 5.56. The molecule has 0 atom stereocenters. The third kappa shape index (κ3) is 4.16. The number of rotatable bonds is 6. The van der Waals surface area contributed by atoms with Crippen LogP contribution in [0.15, 0.2) is 42.6 Å². The number of halogens is 1. The van der Waals surface area contributed by atoms with Gasteiger partial charge in [-0.25, -0.2) is 4.39 Å². The Kier molecular flexibility index (Phi) is 4.84. The first kappa shape index (κ1) is 16.1. The van der Waals surface area contributed by atoms with Crippen LogP contribution in [-0.2, 0) is 6.42 Å². The molecule has 0 saturated heterocycles. The van der Waals surface area contributed by atoms with Crippen LogP contribution in [0.1, 0.15) is 39.3 Å². The summed E-state index contributed by atoms with van der Waals surface area (Å²) >= 11 is 0. The number of aromatic nitrogens is 1. The first-order valence-electron chi connectivity index (χ1n) is 7.92. The van der Waals surface area contributed by atoms with Crippen LogP contribution >= 0.6 is 0 Å². The lowest BCUT2D eigenvalue weighted by molar-refractivity contribution is 0.0946. The molecule has 1 aliphatic carbocycles. The third-order valence-corrected chi connectivity index (χ3v) is 3.81. The minimum absolute atomic E-state index is 0.226. The van der Waals surface area contributed by atoms with E-state index in [1.807, 2.05) is 0 Å². The topological polar surface area (TPSA) is 71.1 Å². The van der Waals surface area contributed by atoms with Gasteiger partial charge in [-0.1, -0.05) is 18.2 Å². The zero-order valence-corrected chi connectivity index (χ0v) is 13.1. The highest BCUT2D eigenvalue weighted by atomic mass is 19.1. The summed E-state index contributed by atoms with van der Waals surface area (Å²) in [4.78, 5) is 28.1. The van der Waals surface area contributed by atoms with Crippen molar-refractivity contribution in [2.45, 2.75) is 25.3 Å². The zero-order valence-electron chi connectivity index (χ0n) is 13.1. The van der Waals surface area contributed by atoms with Gasteiger partial charge in [0.2, 0.25) is 0 Å². The minimum Gasteiger partial charge on any atom is -0.352 e. The number of carbonyl (C=O) groups excluding carboxylic acids is 2. The Labute approximate surface area is 139 Å². The highest BCUT2D eigenvalue weighted by molar-refractivity contribution is 5.98. The van der Waals surface area contributed by atoms with Gasteiger partial charge in [0.05, 0.1) is 0 Å². The predicted molar refractivity (Wildman–Crippen MR) is 87.2 cm³/mol. The molecule has 5 nitrogen and oxygen atoms in total. The van der Waals surface area contributed by atoms with Crippen molar-refractivity contribution < 1.29 is 14.0 Å². The molecule has 1 heterocycles. The first-order valence-corrected chi connectivity index (χ1v) is 7.92. The maximum absolute atomic E-state index is 13.5. The number of hydrogen-bond donors (Lipinski definition) is 2. The fourth-order valence-corrected chi connectivity index (χ4v) is 2.30. The fraction of sp³-hybridized carbons (Fsp3) is 0.278. The second-order valence-corrected chi connectivity index (χ2v) is 5.77. The van der Waals surface area contributed by atoms with E-state index in [2.05, 4.69) is 15.6 Å². The Morgan fingerprint density at radius 1 is 1.17 bits per heavy atom. The molecule has 0 unspecified atom stereocenters. The molecule has 6 heteroatoms. The van der Waals surface area contributed by atoms with Crippen LogP contribution in [0.25, 0.3) is 0 Å². The summed E-state index contributed by atoms with van der Waals surface area (Å²) in [6, 6.07) is 9.72. The first-order chi connectivity index (χ1) is 11.6. The SMILES string of the molecule is O=C(NCCc1ccccc1F)c1ccnc(C(=O)NC2CC2)c1. The quantitative estimate of drug-likeness (QED) is 0.853. The molecular weight excluding hydrogens is 309 g/mol. The Bertz CT molecular complexity index is 759. The molecule has 1 saturated carbocycles. The van der Waals surface area contributed by atoms with Gasteiger partial charge < -0.3 is 10.6 Å². The average molecular weight is 327 g/mol. The molecule has 3 rings (SSSR count). The van der Waals surface area contributed by atoms with Crippen molar-refractivity contribution in [1.82, 2.24) is 15.6 Å². The summed E-state index contributed by atoms with van der Waals surface area (Å²) in [6.07, 6.45) is 3.82. The van der Waals surface area contributed by atoms with Gasteiger partial charge in [-0.05, 0) is 43.0 Å². The van der Waals surface area contributed by atoms with Crippen LogP contribution in [0.3, 0.4) is 0 Å². The molecule has 124 valence electrons. The molecule has 0 spiro atoms. The molecule has 0 bridgehead atoms. The van der Waals surface area contributed by atoms with Gasteiger partial charge in [0.15, 0.2) is 0 Å². The minimum atomic E-state index is -0.311. The van der Waals surface area contributed by atoms with Crippen LogP contribution < -0.4 is 10.6 Å². The van der Waals surface area contributed by atoms with Crippen LogP contribution in [0.5, 0.6) is 0 Å². The van der Waals surface area contributed by atoms with Gasteiger partial charge in [0, 0.05) is 24.3 Å². The van der Waals surface area contributed by atoms with Crippen molar-refractivity contribution in [2.75, 3.05) is 6.54 Å². The van der Waals surface area contributed by atoms with Gasteiger partial charge in [-0.3, -0.25) is 14.6 Å². The average Bonchev–Trinajstić information content (AvgIpc) is 3.40. The van der Waals surface area contributed by atoms with E-state index in [0.717, 1.165) is 12.8 Å². The molecule has 1 fully saturated rings. The lowest BCUT2D eigenvalue weighted by atomic mass is 10.1. The summed E-state index contributed by atoms with van der Waals surface area (Å²) < 4.78 is 13.5. The zero-order chi connectivity index (χ0) is 16.9. The Balaban J connectivity index is 1.56. The Morgan fingerprint density at radius 2 is 1.96 bits per heavy atom. The monoisotopic (exact) mass is 327 g/mol. The summed E-state index contributed by atoms with van der Waals surface area (Å²) in [5.74, 6) is -0.859. The van der Waals surface area contributed by atoms with Gasteiger partial charge in [0.25, 0.3) is 11.8 Å². The molecule has 1 aromatic heterocycles. The van der Waals surface area contributed by atoms with Gasteiger partial charge >= 0.3 is 0 Å². The summed E-state index contributed by atoms with van der Waals surface area (Å²) in [5.41, 5.74) is 1.14. The highest BCUT2D eigenvalue weighted by Gasteiger charge is 2.24. The van der Waals surface area contributed by atoms with E-state index < -0.39 is 0 Å². The lowest BCUT2D eigenvalue weighted by Crippen LogP contribution is -2.28. The van der Waals surface area contributed by atoms with E-state index in [-0.39, 0.29) is 29.4 Å². The number of carbonyl (C=O) groups is 2. The number of pyridine rings is 1. The largest absolute Gasteiger partial charge is 0.352 e. The maximum atomic E-state index is 13.5. The van der Waals surface area contributed by atoms with Crippen LogP contribution in [0, 0.1) is 5.82 Å². The third-order valence-electron chi connectivity index (χ3n) is 3.81. The van der Waals surface area contributed by atoms with E-state index in [0.29, 0.717) is 24.1 Å². The highest BCUT2D eigenvalue weighted by Crippen LogP contribution is 2.19. The van der Waals surface area contributed by atoms with Crippen LogP contribution in [0.4, 0.5) is 4.39 Å². The molecule has 2 aromatic rings. The number of hydrogen-bond acceptors (Lipinski definition) is 3. The molecule has 24 heavy (non-hydrogen) atoms. The second kappa shape index (κ2) is 7.21. The van der Waals surface area contributed by atoms with E-state index in [9.17, 15) is 14.0 Å². The van der Waals surface area contributed by atoms with Gasteiger partial charge in [-0.15, -0.1) is 0 Å². The van der Waals surface area contributed by atoms with Gasteiger partial charge in [0.1, 0.15) is 11.5 Å². The van der Waals surface area contributed by atoms with Crippen molar-refractivity contribution in [1.29, 1.82) is 0 Å². The standard InChI is InChI=1S/C18H18FN3O2/c19-15-4-2-1-3-12(15)7-10-21-17(23)13-8-9-20-16(11-13)18(24)22-14-5-6-14/h1-4,8-9,11,14H,5-7,10H2,(H,21,23)(H,22,24). The van der Waals surface area contributed by atoms with Crippen molar-refractivity contribution >= 4 is 11.8 Å². The van der Waals surface area contributed by atoms with Crippen molar-refractivity contribution in [3.8, 4) is 0 Å². The lowest BCUT2D eigenvalue weighted by Gasteiger charge is -2.07. The molecule has 1 aromatic carbocycles. The molecule has 2 amide bonds. The van der Waals surface area contributed by atoms with Crippen molar-refractivity contribution in [3.05, 3.63) is 65.2 Å². The van der Waals surface area contributed by atoms with Gasteiger partial charge in [-0.2, -0.15) is 0 Å². The van der Waals surface area contributed by atoms with Crippen LogP contribution in [0.2, 0.25) is 0 Å². The molecule has 1 aliphatic rings.